The van der Waals surface area contributed by atoms with Gasteiger partial charge in [0.15, 0.2) is 0 Å². The highest BCUT2D eigenvalue weighted by Gasteiger charge is 2.24. The van der Waals surface area contributed by atoms with Gasteiger partial charge in [-0.2, -0.15) is 0 Å². The summed E-state index contributed by atoms with van der Waals surface area (Å²) in [7, 11) is 1.77. The number of rotatable bonds is 6. The molecule has 2 aromatic carbocycles. The molecule has 0 bridgehead atoms. The van der Waals surface area contributed by atoms with Gasteiger partial charge in [-0.15, -0.1) is 0 Å². The predicted octanol–water partition coefficient (Wildman–Crippen LogP) is 3.72. The number of carbonyl (C=O) groups excluding carboxylic acids is 2. The molecule has 130 valence electrons. The van der Waals surface area contributed by atoms with Crippen LogP contribution in [0.4, 0.5) is 5.69 Å². The number of nitrogens with zero attached hydrogens (tertiary/aromatic N) is 1. The van der Waals surface area contributed by atoms with E-state index in [9.17, 15) is 9.59 Å². The first-order chi connectivity index (χ1) is 12.0. The minimum Gasteiger partial charge on any atom is -0.494 e. The summed E-state index contributed by atoms with van der Waals surface area (Å²) >= 11 is 5.81. The highest BCUT2D eigenvalue weighted by Crippen LogP contribution is 2.24. The summed E-state index contributed by atoms with van der Waals surface area (Å²) in [6.45, 7) is 1.06. The van der Waals surface area contributed by atoms with Crippen molar-refractivity contribution in [2.45, 2.75) is 19.4 Å². The monoisotopic (exact) mass is 358 g/mol. The SMILES string of the molecule is CN1Cc2ccc(NC(=O)CCCOc3ccc(Cl)cc3)cc2C1=O. The minimum absolute atomic E-state index is 0.0116. The number of anilines is 1. The number of hydrogen-bond donors (Lipinski definition) is 1. The van der Waals surface area contributed by atoms with Gasteiger partial charge < -0.3 is 15.0 Å². The van der Waals surface area contributed by atoms with Crippen molar-refractivity contribution in [3.05, 3.63) is 58.6 Å². The zero-order valence-electron chi connectivity index (χ0n) is 13.9. The van der Waals surface area contributed by atoms with E-state index in [1.54, 1.807) is 42.3 Å². The Morgan fingerprint density at radius 3 is 2.76 bits per heavy atom. The molecule has 0 aliphatic carbocycles. The lowest BCUT2D eigenvalue weighted by Crippen LogP contribution is -2.17. The fourth-order valence-electron chi connectivity index (χ4n) is 2.70. The van der Waals surface area contributed by atoms with Crippen LogP contribution in [-0.2, 0) is 11.3 Å². The largest absolute Gasteiger partial charge is 0.494 e. The second-order valence-corrected chi connectivity index (χ2v) is 6.42. The van der Waals surface area contributed by atoms with E-state index in [2.05, 4.69) is 5.32 Å². The maximum absolute atomic E-state index is 12.0. The van der Waals surface area contributed by atoms with Crippen LogP contribution < -0.4 is 10.1 Å². The fourth-order valence-corrected chi connectivity index (χ4v) is 2.83. The van der Waals surface area contributed by atoms with Gasteiger partial charge in [-0.1, -0.05) is 17.7 Å². The lowest BCUT2D eigenvalue weighted by Gasteiger charge is -2.08. The quantitative estimate of drug-likeness (QED) is 0.800. The van der Waals surface area contributed by atoms with Crippen LogP contribution >= 0.6 is 11.6 Å². The minimum atomic E-state index is -0.0987. The van der Waals surface area contributed by atoms with Crippen molar-refractivity contribution in [1.29, 1.82) is 0 Å². The molecule has 5 nitrogen and oxygen atoms in total. The van der Waals surface area contributed by atoms with Crippen LogP contribution in [0.5, 0.6) is 5.75 Å². The smallest absolute Gasteiger partial charge is 0.254 e. The van der Waals surface area contributed by atoms with Crippen molar-refractivity contribution in [1.82, 2.24) is 4.90 Å². The van der Waals surface area contributed by atoms with E-state index in [1.165, 1.54) is 0 Å². The van der Waals surface area contributed by atoms with Crippen LogP contribution in [0.3, 0.4) is 0 Å². The molecule has 3 rings (SSSR count). The van der Waals surface area contributed by atoms with E-state index in [4.69, 9.17) is 16.3 Å². The molecule has 0 atom stereocenters. The number of halogens is 1. The fraction of sp³-hybridized carbons (Fsp3) is 0.263. The van der Waals surface area contributed by atoms with Gasteiger partial charge in [0.2, 0.25) is 5.91 Å². The van der Waals surface area contributed by atoms with Gasteiger partial charge in [0.1, 0.15) is 5.75 Å². The van der Waals surface area contributed by atoms with Gasteiger partial charge in [0.05, 0.1) is 6.61 Å². The van der Waals surface area contributed by atoms with Gasteiger partial charge in [0, 0.05) is 36.3 Å². The summed E-state index contributed by atoms with van der Waals surface area (Å²) in [5.41, 5.74) is 2.29. The van der Waals surface area contributed by atoms with Gasteiger partial charge >= 0.3 is 0 Å². The Morgan fingerprint density at radius 2 is 2.00 bits per heavy atom. The Balaban J connectivity index is 1.45. The van der Waals surface area contributed by atoms with Crippen LogP contribution in [0.25, 0.3) is 0 Å². The average molecular weight is 359 g/mol. The van der Waals surface area contributed by atoms with Crippen LogP contribution in [0.15, 0.2) is 42.5 Å². The second kappa shape index (κ2) is 7.57. The summed E-state index contributed by atoms with van der Waals surface area (Å²) in [5.74, 6) is 0.618. The number of nitrogens with one attached hydrogen (secondary N) is 1. The zero-order chi connectivity index (χ0) is 17.8. The van der Waals surface area contributed by atoms with Crippen molar-refractivity contribution < 1.29 is 14.3 Å². The number of fused-ring (bicyclic) bond motifs is 1. The van der Waals surface area contributed by atoms with E-state index in [0.717, 1.165) is 11.3 Å². The van der Waals surface area contributed by atoms with Crippen LogP contribution in [0.1, 0.15) is 28.8 Å². The third-order valence-electron chi connectivity index (χ3n) is 4.01. The van der Waals surface area contributed by atoms with Crippen LogP contribution in [0, 0.1) is 0 Å². The molecule has 1 N–H and O–H groups in total. The van der Waals surface area contributed by atoms with Crippen LogP contribution in [-0.4, -0.2) is 30.4 Å². The molecule has 0 radical (unpaired) electrons. The summed E-state index contributed by atoms with van der Waals surface area (Å²) in [5, 5.41) is 3.49. The summed E-state index contributed by atoms with van der Waals surface area (Å²) in [4.78, 5) is 25.7. The number of carbonyl (C=O) groups is 2. The molecule has 1 aliphatic heterocycles. The highest BCUT2D eigenvalue weighted by atomic mass is 35.5. The van der Waals surface area contributed by atoms with E-state index >= 15 is 0 Å². The molecule has 0 spiro atoms. The van der Waals surface area contributed by atoms with Crippen molar-refractivity contribution in [3.8, 4) is 5.75 Å². The van der Waals surface area contributed by atoms with Gasteiger partial charge in [-0.25, -0.2) is 0 Å². The number of amides is 2. The maximum Gasteiger partial charge on any atom is 0.254 e. The van der Waals surface area contributed by atoms with Gasteiger partial charge in [-0.3, -0.25) is 9.59 Å². The van der Waals surface area contributed by atoms with E-state index in [1.807, 2.05) is 12.1 Å². The Bertz CT molecular complexity index is 790. The molecular formula is C19H19ClN2O3. The number of benzene rings is 2. The first-order valence-corrected chi connectivity index (χ1v) is 8.47. The second-order valence-electron chi connectivity index (χ2n) is 5.99. The number of ether oxygens (including phenoxy) is 1. The molecule has 0 saturated heterocycles. The molecule has 2 aromatic rings. The molecule has 0 fully saturated rings. The first kappa shape index (κ1) is 17.3. The zero-order valence-corrected chi connectivity index (χ0v) is 14.7. The predicted molar refractivity (Wildman–Crippen MR) is 97.1 cm³/mol. The molecule has 0 saturated carbocycles. The normalized spacial score (nSPS) is 12.9. The third-order valence-corrected chi connectivity index (χ3v) is 4.26. The molecule has 6 heteroatoms. The molecule has 25 heavy (non-hydrogen) atoms. The van der Waals surface area contributed by atoms with E-state index in [-0.39, 0.29) is 11.8 Å². The summed E-state index contributed by atoms with van der Waals surface area (Å²) in [6, 6.07) is 12.6. The van der Waals surface area contributed by atoms with Crippen molar-refractivity contribution in [2.75, 3.05) is 19.0 Å². The van der Waals surface area contributed by atoms with Crippen molar-refractivity contribution in [3.63, 3.8) is 0 Å². The molecule has 0 unspecified atom stereocenters. The maximum atomic E-state index is 12.0. The lowest BCUT2D eigenvalue weighted by molar-refractivity contribution is -0.116. The van der Waals surface area contributed by atoms with Gasteiger partial charge in [0.25, 0.3) is 5.91 Å². The van der Waals surface area contributed by atoms with Gasteiger partial charge in [-0.05, 0) is 48.4 Å². The summed E-state index contributed by atoms with van der Waals surface area (Å²) < 4.78 is 5.56. The molecular weight excluding hydrogens is 340 g/mol. The molecule has 1 heterocycles. The van der Waals surface area contributed by atoms with Crippen LogP contribution in [0.2, 0.25) is 5.02 Å². The Morgan fingerprint density at radius 1 is 1.24 bits per heavy atom. The van der Waals surface area contributed by atoms with Crippen molar-refractivity contribution in [2.24, 2.45) is 0 Å². The first-order valence-electron chi connectivity index (χ1n) is 8.09. The van der Waals surface area contributed by atoms with E-state index in [0.29, 0.717) is 42.3 Å². The number of hydrogen-bond acceptors (Lipinski definition) is 3. The molecule has 2 amide bonds. The van der Waals surface area contributed by atoms with Crippen molar-refractivity contribution >= 4 is 29.1 Å². The Hall–Kier alpha value is -2.53. The topological polar surface area (TPSA) is 58.6 Å². The third kappa shape index (κ3) is 4.31. The highest BCUT2D eigenvalue weighted by molar-refractivity contribution is 6.30. The average Bonchev–Trinajstić information content (AvgIpc) is 2.88. The van der Waals surface area contributed by atoms with E-state index < -0.39 is 0 Å². The molecule has 1 aliphatic rings. The summed E-state index contributed by atoms with van der Waals surface area (Å²) in [6.07, 6.45) is 0.944. The lowest BCUT2D eigenvalue weighted by atomic mass is 10.1. The Kier molecular flexibility index (Phi) is 5.24. The standard InChI is InChI=1S/C19H19ClN2O3/c1-22-12-13-4-7-15(11-17(13)19(22)24)21-18(23)3-2-10-25-16-8-5-14(20)6-9-16/h4-9,11H,2-3,10,12H2,1H3,(H,21,23). The molecule has 0 aromatic heterocycles. The Labute approximate surface area is 151 Å².